The van der Waals surface area contributed by atoms with Crippen molar-refractivity contribution in [3.05, 3.63) is 28.5 Å². The maximum absolute atomic E-state index is 12.0. The largest absolute Gasteiger partial charge is 0.378 e. The van der Waals surface area contributed by atoms with Crippen LogP contribution in [0.5, 0.6) is 0 Å². The zero-order chi connectivity index (χ0) is 13.0. The fourth-order valence-corrected chi connectivity index (χ4v) is 2.21. The molecule has 5 nitrogen and oxygen atoms in total. The summed E-state index contributed by atoms with van der Waals surface area (Å²) in [4.78, 5) is 15.9. The van der Waals surface area contributed by atoms with Gasteiger partial charge in [-0.25, -0.2) is 4.98 Å². The van der Waals surface area contributed by atoms with Gasteiger partial charge in [-0.2, -0.15) is 0 Å². The molecule has 98 valence electrons. The Balaban J connectivity index is 1.96. The van der Waals surface area contributed by atoms with Gasteiger partial charge in [-0.3, -0.25) is 4.79 Å². The lowest BCUT2D eigenvalue weighted by atomic mass is 10.0. The molecule has 1 N–H and O–H groups in total. The molecule has 0 aliphatic carbocycles. The summed E-state index contributed by atoms with van der Waals surface area (Å²) in [5.41, 5.74) is 0.182. The second-order valence-corrected chi connectivity index (χ2v) is 5.05. The van der Waals surface area contributed by atoms with Crippen LogP contribution in [0.25, 0.3) is 0 Å². The number of ether oxygens (including phenoxy) is 2. The molecule has 1 unspecified atom stereocenters. The van der Waals surface area contributed by atoms with Crippen molar-refractivity contribution < 1.29 is 14.3 Å². The Morgan fingerprint density at radius 2 is 2.56 bits per heavy atom. The quantitative estimate of drug-likeness (QED) is 0.853. The number of hydrogen-bond donors (Lipinski definition) is 1. The summed E-state index contributed by atoms with van der Waals surface area (Å²) in [5, 5.41) is 2.87. The summed E-state index contributed by atoms with van der Waals surface area (Å²) in [6, 6.07) is 3.35. The molecule has 0 bridgehead atoms. The minimum atomic E-state index is -0.389. The first-order valence-corrected chi connectivity index (χ1v) is 6.47. The van der Waals surface area contributed by atoms with Gasteiger partial charge in [-0.1, -0.05) is 0 Å². The number of rotatable bonds is 4. The van der Waals surface area contributed by atoms with Crippen LogP contribution in [0, 0.1) is 0 Å². The number of aromatic nitrogens is 1. The molecular formula is C12H15BrN2O3. The Morgan fingerprint density at radius 3 is 3.17 bits per heavy atom. The van der Waals surface area contributed by atoms with Gasteiger partial charge in [0.1, 0.15) is 10.2 Å². The van der Waals surface area contributed by atoms with Gasteiger partial charge in [-0.15, -0.1) is 0 Å². The Labute approximate surface area is 114 Å². The van der Waals surface area contributed by atoms with Crippen molar-refractivity contribution >= 4 is 21.8 Å². The molecule has 0 aromatic carbocycles. The topological polar surface area (TPSA) is 60.5 Å². The molecule has 0 spiro atoms. The zero-order valence-electron chi connectivity index (χ0n) is 10.1. The maximum Gasteiger partial charge on any atom is 0.251 e. The first kappa shape index (κ1) is 13.5. The number of amides is 1. The van der Waals surface area contributed by atoms with E-state index >= 15 is 0 Å². The summed E-state index contributed by atoms with van der Waals surface area (Å²) in [6.45, 7) is 1.64. The van der Waals surface area contributed by atoms with Gasteiger partial charge in [0, 0.05) is 38.4 Å². The van der Waals surface area contributed by atoms with E-state index < -0.39 is 0 Å². The van der Waals surface area contributed by atoms with Crippen molar-refractivity contribution in [1.82, 2.24) is 10.3 Å². The third-order valence-corrected chi connectivity index (χ3v) is 3.49. The predicted octanol–water partition coefficient (Wildman–Crippen LogP) is 1.38. The second-order valence-electron chi connectivity index (χ2n) is 4.24. The fraction of sp³-hybridized carbons (Fsp3) is 0.500. The van der Waals surface area contributed by atoms with Gasteiger partial charge in [0.2, 0.25) is 0 Å². The summed E-state index contributed by atoms with van der Waals surface area (Å²) >= 11 is 3.24. The first-order chi connectivity index (χ1) is 8.65. The van der Waals surface area contributed by atoms with Crippen LogP contribution in [0.15, 0.2) is 22.9 Å². The van der Waals surface area contributed by atoms with Crippen molar-refractivity contribution in [2.24, 2.45) is 0 Å². The smallest absolute Gasteiger partial charge is 0.251 e. The lowest BCUT2D eigenvalue weighted by Crippen LogP contribution is -2.45. The van der Waals surface area contributed by atoms with Crippen LogP contribution in [-0.2, 0) is 9.47 Å². The average molecular weight is 315 g/mol. The third-order valence-electron chi connectivity index (χ3n) is 3.06. The highest BCUT2D eigenvalue weighted by Crippen LogP contribution is 2.21. The van der Waals surface area contributed by atoms with Crippen LogP contribution < -0.4 is 5.32 Å². The van der Waals surface area contributed by atoms with Gasteiger partial charge in [0.05, 0.1) is 6.61 Å². The third kappa shape index (κ3) is 3.07. The Kier molecular flexibility index (Phi) is 4.31. The van der Waals surface area contributed by atoms with E-state index in [9.17, 15) is 4.79 Å². The van der Waals surface area contributed by atoms with Crippen molar-refractivity contribution in [2.75, 3.05) is 26.9 Å². The molecule has 1 aliphatic rings. The van der Waals surface area contributed by atoms with Gasteiger partial charge in [0.25, 0.3) is 5.91 Å². The van der Waals surface area contributed by atoms with Gasteiger partial charge >= 0.3 is 0 Å². The van der Waals surface area contributed by atoms with E-state index in [0.29, 0.717) is 29.9 Å². The standard InChI is InChI=1S/C12H15BrN2O3/c1-17-12(3-5-18-8-12)7-15-11(16)9-2-4-14-10(13)6-9/h2,4,6H,3,5,7-8H2,1H3,(H,15,16). The molecule has 1 aliphatic heterocycles. The van der Waals surface area contributed by atoms with E-state index in [4.69, 9.17) is 9.47 Å². The van der Waals surface area contributed by atoms with Crippen LogP contribution in [-0.4, -0.2) is 43.4 Å². The molecule has 18 heavy (non-hydrogen) atoms. The molecule has 6 heteroatoms. The molecule has 1 aromatic heterocycles. The number of pyridine rings is 1. The van der Waals surface area contributed by atoms with Crippen LogP contribution >= 0.6 is 15.9 Å². The second kappa shape index (κ2) is 5.77. The van der Waals surface area contributed by atoms with Crippen molar-refractivity contribution in [2.45, 2.75) is 12.0 Å². The highest BCUT2D eigenvalue weighted by Gasteiger charge is 2.35. The van der Waals surface area contributed by atoms with E-state index in [1.807, 2.05) is 0 Å². The number of nitrogens with zero attached hydrogens (tertiary/aromatic N) is 1. The number of methoxy groups -OCH3 is 1. The Hall–Kier alpha value is -0.980. The average Bonchev–Trinajstić information content (AvgIpc) is 2.85. The van der Waals surface area contributed by atoms with Crippen LogP contribution in [0.1, 0.15) is 16.8 Å². The summed E-state index contributed by atoms with van der Waals surface area (Å²) < 4.78 is 11.4. The molecular weight excluding hydrogens is 300 g/mol. The molecule has 0 radical (unpaired) electrons. The van der Waals surface area contributed by atoms with Crippen LogP contribution in [0.2, 0.25) is 0 Å². The minimum absolute atomic E-state index is 0.138. The lowest BCUT2D eigenvalue weighted by Gasteiger charge is -2.25. The van der Waals surface area contributed by atoms with Gasteiger partial charge in [0.15, 0.2) is 0 Å². The van der Waals surface area contributed by atoms with E-state index in [1.54, 1.807) is 25.4 Å². The SMILES string of the molecule is COC1(CNC(=O)c2ccnc(Br)c2)CCOC1. The maximum atomic E-state index is 12.0. The number of halogens is 1. The first-order valence-electron chi connectivity index (χ1n) is 5.68. The Morgan fingerprint density at radius 1 is 1.72 bits per heavy atom. The monoisotopic (exact) mass is 314 g/mol. The lowest BCUT2D eigenvalue weighted by molar-refractivity contribution is -0.0148. The van der Waals surface area contributed by atoms with E-state index in [0.717, 1.165) is 6.42 Å². The van der Waals surface area contributed by atoms with E-state index in [-0.39, 0.29) is 11.5 Å². The van der Waals surface area contributed by atoms with Gasteiger partial charge < -0.3 is 14.8 Å². The molecule has 1 saturated heterocycles. The normalized spacial score (nSPS) is 23.0. The molecule has 1 amide bonds. The number of hydrogen-bond acceptors (Lipinski definition) is 4. The number of carbonyl (C=O) groups excluding carboxylic acids is 1. The number of nitrogens with one attached hydrogen (secondary N) is 1. The summed E-state index contributed by atoms with van der Waals surface area (Å²) in [5.74, 6) is -0.138. The molecule has 1 fully saturated rings. The van der Waals surface area contributed by atoms with Crippen molar-refractivity contribution in [3.63, 3.8) is 0 Å². The highest BCUT2D eigenvalue weighted by atomic mass is 79.9. The van der Waals surface area contributed by atoms with Crippen LogP contribution in [0.4, 0.5) is 0 Å². The molecule has 2 rings (SSSR count). The molecule has 1 atom stereocenters. The van der Waals surface area contributed by atoms with Crippen molar-refractivity contribution in [3.8, 4) is 0 Å². The highest BCUT2D eigenvalue weighted by molar-refractivity contribution is 9.10. The van der Waals surface area contributed by atoms with Gasteiger partial charge in [-0.05, 0) is 28.1 Å². The van der Waals surface area contributed by atoms with Crippen LogP contribution in [0.3, 0.4) is 0 Å². The predicted molar refractivity (Wildman–Crippen MR) is 69.4 cm³/mol. The van der Waals surface area contributed by atoms with E-state index in [2.05, 4.69) is 26.2 Å². The molecule has 0 saturated carbocycles. The summed E-state index contributed by atoms with van der Waals surface area (Å²) in [6.07, 6.45) is 2.38. The fourth-order valence-electron chi connectivity index (χ4n) is 1.85. The molecule has 2 heterocycles. The minimum Gasteiger partial charge on any atom is -0.378 e. The summed E-state index contributed by atoms with van der Waals surface area (Å²) in [7, 11) is 1.64. The van der Waals surface area contributed by atoms with Crippen molar-refractivity contribution in [1.29, 1.82) is 0 Å². The molecule has 1 aromatic rings. The Bertz CT molecular complexity index is 433. The number of carbonyl (C=O) groups is 1. The van der Waals surface area contributed by atoms with E-state index in [1.165, 1.54) is 0 Å². The zero-order valence-corrected chi connectivity index (χ0v) is 11.7.